The van der Waals surface area contributed by atoms with E-state index < -0.39 is 22.6 Å². The van der Waals surface area contributed by atoms with Crippen LogP contribution in [-0.4, -0.2) is 21.0 Å². The predicted octanol–water partition coefficient (Wildman–Crippen LogP) is 1.16. The van der Waals surface area contributed by atoms with E-state index in [1.54, 1.807) is 6.07 Å². The van der Waals surface area contributed by atoms with E-state index in [1.165, 1.54) is 0 Å². The molecule has 78 valence electrons. The highest BCUT2D eigenvalue weighted by atomic mass is 32.2. The highest BCUT2D eigenvalue weighted by molar-refractivity contribution is 7.85. The second-order valence-electron chi connectivity index (χ2n) is 2.60. The van der Waals surface area contributed by atoms with Gasteiger partial charge in [0.2, 0.25) is 0 Å². The molecule has 0 fully saturated rings. The van der Waals surface area contributed by atoms with Crippen molar-refractivity contribution in [2.24, 2.45) is 0 Å². The van der Waals surface area contributed by atoms with Crippen molar-refractivity contribution in [3.63, 3.8) is 0 Å². The molecule has 0 spiro atoms. The lowest BCUT2D eigenvalue weighted by Crippen LogP contribution is -2.03. The molecule has 1 aromatic carbocycles. The van der Waals surface area contributed by atoms with Crippen LogP contribution in [0.1, 0.15) is 10.4 Å². The average molecular weight is 227 g/mol. The summed E-state index contributed by atoms with van der Waals surface area (Å²) in [6.45, 7) is 0. The molecule has 1 atom stereocenters. The van der Waals surface area contributed by atoms with Crippen molar-refractivity contribution in [2.45, 2.75) is 4.90 Å². The third-order valence-electron chi connectivity index (χ3n) is 1.62. The van der Waals surface area contributed by atoms with Gasteiger partial charge in [0.15, 0.2) is 0 Å². The zero-order valence-corrected chi connectivity index (χ0v) is 8.25. The van der Waals surface area contributed by atoms with Gasteiger partial charge in [0.1, 0.15) is 11.6 Å². The van der Waals surface area contributed by atoms with Crippen LogP contribution < -0.4 is 0 Å². The molecule has 0 saturated carbocycles. The third-order valence-corrected chi connectivity index (χ3v) is 2.81. The first-order valence-electron chi connectivity index (χ1n) is 3.84. The first kappa shape index (κ1) is 11.3. The average Bonchev–Trinajstić information content (AvgIpc) is 2.18. The van der Waals surface area contributed by atoms with E-state index in [-0.39, 0.29) is 16.2 Å². The Kier molecular flexibility index (Phi) is 3.52. The number of carboxylic acid groups (broad SMARTS) is 1. The van der Waals surface area contributed by atoms with Gasteiger partial charge in [-0.05, 0) is 18.2 Å². The zero-order chi connectivity index (χ0) is 11.4. The lowest BCUT2D eigenvalue weighted by atomic mass is 10.2. The molecule has 6 heteroatoms. The molecule has 0 heterocycles. The second-order valence-corrected chi connectivity index (χ2v) is 4.02. The van der Waals surface area contributed by atoms with Crippen LogP contribution in [0.5, 0.6) is 0 Å². The van der Waals surface area contributed by atoms with Crippen LogP contribution in [0.15, 0.2) is 23.1 Å². The van der Waals surface area contributed by atoms with Gasteiger partial charge in [0.05, 0.1) is 27.3 Å². The molecule has 0 aliphatic heterocycles. The molecule has 0 bridgehead atoms. The van der Waals surface area contributed by atoms with Crippen molar-refractivity contribution in [3.05, 3.63) is 29.6 Å². The van der Waals surface area contributed by atoms with E-state index in [4.69, 9.17) is 10.4 Å². The minimum absolute atomic E-state index is 0.155. The Hall–Kier alpha value is -1.74. The minimum Gasteiger partial charge on any atom is -0.478 e. The summed E-state index contributed by atoms with van der Waals surface area (Å²) in [7, 11) is -1.82. The Labute approximate surface area is 87.4 Å². The molecule has 0 aliphatic rings. The number of benzene rings is 1. The van der Waals surface area contributed by atoms with Gasteiger partial charge in [-0.3, -0.25) is 4.21 Å². The van der Waals surface area contributed by atoms with Gasteiger partial charge in [0.25, 0.3) is 0 Å². The summed E-state index contributed by atoms with van der Waals surface area (Å²) >= 11 is 0. The van der Waals surface area contributed by atoms with Gasteiger partial charge >= 0.3 is 5.97 Å². The quantitative estimate of drug-likeness (QED) is 0.840. The molecule has 0 aromatic heterocycles. The Balaban J connectivity index is 3.17. The summed E-state index contributed by atoms with van der Waals surface area (Å²) in [5, 5.41) is 16.9. The maximum absolute atomic E-state index is 13.1. The first-order chi connectivity index (χ1) is 7.06. The topological polar surface area (TPSA) is 78.2 Å². The van der Waals surface area contributed by atoms with E-state index in [0.29, 0.717) is 0 Å². The standard InChI is InChI=1S/C9H6FNO3S/c10-7-2-1-6(9(12)13)5-8(7)15(14)4-3-11/h1-2,5H,4H2,(H,12,13). The van der Waals surface area contributed by atoms with E-state index in [1.807, 2.05) is 0 Å². The van der Waals surface area contributed by atoms with Gasteiger partial charge in [-0.25, -0.2) is 9.18 Å². The van der Waals surface area contributed by atoms with Gasteiger partial charge in [-0.2, -0.15) is 5.26 Å². The van der Waals surface area contributed by atoms with Crippen LogP contribution >= 0.6 is 0 Å². The van der Waals surface area contributed by atoms with Gasteiger partial charge in [-0.1, -0.05) is 0 Å². The SMILES string of the molecule is N#CCS(=O)c1cc(C(=O)O)ccc1F. The normalized spacial score (nSPS) is 11.7. The van der Waals surface area contributed by atoms with Crippen LogP contribution in [-0.2, 0) is 10.8 Å². The van der Waals surface area contributed by atoms with Gasteiger partial charge < -0.3 is 5.11 Å². The predicted molar refractivity (Wildman–Crippen MR) is 50.2 cm³/mol. The molecule has 15 heavy (non-hydrogen) atoms. The molecule has 0 saturated heterocycles. The Bertz CT molecular complexity index is 467. The molecule has 4 nitrogen and oxygen atoms in total. The number of carbonyl (C=O) groups is 1. The van der Waals surface area contributed by atoms with E-state index in [0.717, 1.165) is 18.2 Å². The number of hydrogen-bond acceptors (Lipinski definition) is 3. The number of nitriles is 1. The number of hydrogen-bond donors (Lipinski definition) is 1. The number of rotatable bonds is 3. The molecule has 0 amide bonds. The number of nitrogens with zero attached hydrogens (tertiary/aromatic N) is 1. The molecule has 0 radical (unpaired) electrons. The maximum Gasteiger partial charge on any atom is 0.335 e. The van der Waals surface area contributed by atoms with Gasteiger partial charge in [0, 0.05) is 0 Å². The molecule has 1 unspecified atom stereocenters. The Morgan fingerprint density at radius 3 is 2.80 bits per heavy atom. The van der Waals surface area contributed by atoms with Crippen LogP contribution in [0.4, 0.5) is 4.39 Å². The summed E-state index contributed by atoms with van der Waals surface area (Å²) in [5.74, 6) is -2.36. The van der Waals surface area contributed by atoms with Crippen molar-refractivity contribution in [1.29, 1.82) is 5.26 Å². The van der Waals surface area contributed by atoms with Crippen molar-refractivity contribution < 1.29 is 18.5 Å². The fourth-order valence-corrected chi connectivity index (χ4v) is 1.76. The maximum atomic E-state index is 13.1. The summed E-state index contributed by atoms with van der Waals surface area (Å²) < 4.78 is 24.4. The van der Waals surface area contributed by atoms with E-state index in [9.17, 15) is 13.4 Å². The van der Waals surface area contributed by atoms with Crippen molar-refractivity contribution in [1.82, 2.24) is 0 Å². The van der Waals surface area contributed by atoms with Crippen LogP contribution in [0.3, 0.4) is 0 Å². The molecular weight excluding hydrogens is 221 g/mol. The second kappa shape index (κ2) is 4.66. The van der Waals surface area contributed by atoms with Crippen molar-refractivity contribution in [3.8, 4) is 6.07 Å². The van der Waals surface area contributed by atoms with Gasteiger partial charge in [-0.15, -0.1) is 0 Å². The van der Waals surface area contributed by atoms with Crippen LogP contribution in [0.25, 0.3) is 0 Å². The summed E-state index contributed by atoms with van der Waals surface area (Å²) in [6, 6.07) is 4.60. The van der Waals surface area contributed by atoms with Crippen molar-refractivity contribution in [2.75, 3.05) is 5.75 Å². The molecule has 0 aliphatic carbocycles. The van der Waals surface area contributed by atoms with Crippen LogP contribution in [0, 0.1) is 17.1 Å². The Morgan fingerprint density at radius 1 is 1.60 bits per heavy atom. The number of halogens is 1. The molecular formula is C9H6FNO3S. The first-order valence-corrected chi connectivity index (χ1v) is 5.16. The minimum atomic E-state index is -1.82. The molecule has 1 rings (SSSR count). The fraction of sp³-hybridized carbons (Fsp3) is 0.111. The molecule has 1 aromatic rings. The molecule has 1 N–H and O–H groups in total. The summed E-state index contributed by atoms with van der Waals surface area (Å²) in [4.78, 5) is 10.3. The number of aromatic carboxylic acids is 1. The fourth-order valence-electron chi connectivity index (χ4n) is 0.947. The van der Waals surface area contributed by atoms with E-state index >= 15 is 0 Å². The summed E-state index contributed by atoms with van der Waals surface area (Å²) in [5.41, 5.74) is -0.155. The lowest BCUT2D eigenvalue weighted by molar-refractivity contribution is 0.0696. The van der Waals surface area contributed by atoms with E-state index in [2.05, 4.69) is 0 Å². The number of carboxylic acids is 1. The monoisotopic (exact) mass is 227 g/mol. The zero-order valence-electron chi connectivity index (χ0n) is 7.44. The summed E-state index contributed by atoms with van der Waals surface area (Å²) in [6.07, 6.45) is 0. The van der Waals surface area contributed by atoms with Crippen molar-refractivity contribution >= 4 is 16.8 Å². The lowest BCUT2D eigenvalue weighted by Gasteiger charge is -2.01. The Morgan fingerprint density at radius 2 is 2.27 bits per heavy atom. The highest BCUT2D eigenvalue weighted by Crippen LogP contribution is 2.15. The third kappa shape index (κ3) is 2.60. The smallest absolute Gasteiger partial charge is 0.335 e. The largest absolute Gasteiger partial charge is 0.478 e. The van der Waals surface area contributed by atoms with Crippen LogP contribution in [0.2, 0.25) is 0 Å². The highest BCUT2D eigenvalue weighted by Gasteiger charge is 2.13.